The third-order valence-electron chi connectivity index (χ3n) is 4.70. The van der Waals surface area contributed by atoms with E-state index >= 15 is 0 Å². The van der Waals surface area contributed by atoms with Crippen molar-refractivity contribution in [1.82, 2.24) is 4.31 Å². The van der Waals surface area contributed by atoms with Crippen LogP contribution in [0.2, 0.25) is 0 Å². The number of halogens is 1. The summed E-state index contributed by atoms with van der Waals surface area (Å²) in [6.07, 6.45) is 1.02. The van der Waals surface area contributed by atoms with Crippen molar-refractivity contribution in [2.45, 2.75) is 25.2 Å². The van der Waals surface area contributed by atoms with Gasteiger partial charge in [-0.1, -0.05) is 26.0 Å². The van der Waals surface area contributed by atoms with E-state index in [0.29, 0.717) is 30.6 Å². The molecule has 1 amide bonds. The molecule has 1 heterocycles. The van der Waals surface area contributed by atoms with Crippen molar-refractivity contribution in [3.63, 3.8) is 0 Å². The van der Waals surface area contributed by atoms with Crippen LogP contribution in [0.1, 0.15) is 30.6 Å². The van der Waals surface area contributed by atoms with Crippen molar-refractivity contribution in [3.05, 3.63) is 59.9 Å². The minimum absolute atomic E-state index is 0.0644. The molecule has 0 bridgehead atoms. The molecule has 2 aromatic carbocycles. The van der Waals surface area contributed by atoms with Crippen LogP contribution >= 0.6 is 0 Å². The van der Waals surface area contributed by atoms with Crippen LogP contribution < -0.4 is 5.32 Å². The van der Waals surface area contributed by atoms with Gasteiger partial charge in [-0.2, -0.15) is 4.31 Å². The Hall–Kier alpha value is -2.25. The molecule has 3 rings (SSSR count). The lowest BCUT2D eigenvalue weighted by molar-refractivity contribution is 0.102. The van der Waals surface area contributed by atoms with E-state index in [0.717, 1.165) is 6.42 Å². The lowest BCUT2D eigenvalue weighted by atomic mass is 9.94. The van der Waals surface area contributed by atoms with E-state index in [1.54, 1.807) is 6.07 Å². The first-order chi connectivity index (χ1) is 12.8. The second-order valence-electron chi connectivity index (χ2n) is 7.23. The first kappa shape index (κ1) is 19.5. The molecular weight excluding hydrogens is 367 g/mol. The molecule has 7 heteroatoms. The molecule has 1 aliphatic heterocycles. The first-order valence-electron chi connectivity index (χ1n) is 8.93. The summed E-state index contributed by atoms with van der Waals surface area (Å²) in [6, 6.07) is 11.7. The van der Waals surface area contributed by atoms with Gasteiger partial charge in [-0.25, -0.2) is 12.8 Å². The summed E-state index contributed by atoms with van der Waals surface area (Å²) in [5, 5.41) is 2.58. The number of nitrogens with one attached hydrogen (secondary N) is 1. The third-order valence-corrected chi connectivity index (χ3v) is 6.55. The van der Waals surface area contributed by atoms with Gasteiger partial charge in [-0.3, -0.25) is 4.79 Å². The van der Waals surface area contributed by atoms with Crippen molar-refractivity contribution < 1.29 is 17.6 Å². The fourth-order valence-electron chi connectivity index (χ4n) is 3.51. The molecule has 0 saturated carbocycles. The van der Waals surface area contributed by atoms with E-state index in [-0.39, 0.29) is 10.5 Å². The molecule has 144 valence electrons. The van der Waals surface area contributed by atoms with Crippen LogP contribution in [0.15, 0.2) is 53.4 Å². The highest BCUT2D eigenvalue weighted by molar-refractivity contribution is 7.89. The van der Waals surface area contributed by atoms with Gasteiger partial charge >= 0.3 is 0 Å². The van der Waals surface area contributed by atoms with Gasteiger partial charge < -0.3 is 5.32 Å². The normalized spacial score (nSPS) is 21.0. The zero-order valence-electron chi connectivity index (χ0n) is 15.4. The zero-order valence-corrected chi connectivity index (χ0v) is 16.2. The van der Waals surface area contributed by atoms with Gasteiger partial charge in [-0.15, -0.1) is 0 Å². The number of piperidine rings is 1. The van der Waals surface area contributed by atoms with Crippen LogP contribution in [0.4, 0.5) is 10.1 Å². The molecule has 1 fully saturated rings. The fraction of sp³-hybridized carbons (Fsp3) is 0.350. The van der Waals surface area contributed by atoms with E-state index in [1.807, 2.05) is 0 Å². The highest BCUT2D eigenvalue weighted by Crippen LogP contribution is 2.27. The summed E-state index contributed by atoms with van der Waals surface area (Å²) in [4.78, 5) is 12.3. The lowest BCUT2D eigenvalue weighted by Gasteiger charge is -2.34. The smallest absolute Gasteiger partial charge is 0.258 e. The standard InChI is InChI=1S/C20H23FN2O3S/c1-14-11-15(2)13-23(12-14)27(25,26)17-9-7-16(8-10-17)22-20(24)18-5-3-4-6-19(18)21/h3-10,14-15H,11-13H2,1-2H3,(H,22,24)/t14-,15+. The Bertz CT molecular complexity index is 918. The largest absolute Gasteiger partial charge is 0.322 e. The van der Waals surface area contributed by atoms with E-state index in [4.69, 9.17) is 0 Å². The number of hydrogen-bond donors (Lipinski definition) is 1. The summed E-state index contributed by atoms with van der Waals surface area (Å²) in [6.45, 7) is 5.13. The first-order valence-corrected chi connectivity index (χ1v) is 10.4. The second kappa shape index (κ2) is 7.78. The van der Waals surface area contributed by atoms with Crippen molar-refractivity contribution in [2.24, 2.45) is 11.8 Å². The third kappa shape index (κ3) is 4.36. The van der Waals surface area contributed by atoms with E-state index in [2.05, 4.69) is 19.2 Å². The molecule has 2 atom stereocenters. The maximum Gasteiger partial charge on any atom is 0.258 e. The summed E-state index contributed by atoms with van der Waals surface area (Å²) >= 11 is 0. The number of carbonyl (C=O) groups excluding carboxylic acids is 1. The predicted octanol–water partition coefficient (Wildman–Crippen LogP) is 3.74. The van der Waals surface area contributed by atoms with Crippen LogP contribution in [-0.4, -0.2) is 31.7 Å². The number of amides is 1. The zero-order chi connectivity index (χ0) is 19.6. The van der Waals surface area contributed by atoms with Gasteiger partial charge in [0.1, 0.15) is 5.82 Å². The number of benzene rings is 2. The summed E-state index contributed by atoms with van der Waals surface area (Å²) < 4.78 is 40.9. The molecule has 0 radical (unpaired) electrons. The van der Waals surface area contributed by atoms with E-state index in [1.165, 1.54) is 46.8 Å². The number of nitrogens with zero attached hydrogens (tertiary/aromatic N) is 1. The monoisotopic (exact) mass is 390 g/mol. The maximum absolute atomic E-state index is 13.7. The van der Waals surface area contributed by atoms with Crippen LogP contribution in [-0.2, 0) is 10.0 Å². The van der Waals surface area contributed by atoms with Gasteiger partial charge in [0.2, 0.25) is 10.0 Å². The number of anilines is 1. The average molecular weight is 390 g/mol. The second-order valence-corrected chi connectivity index (χ2v) is 9.16. The van der Waals surface area contributed by atoms with Crippen molar-refractivity contribution in [3.8, 4) is 0 Å². The highest BCUT2D eigenvalue weighted by Gasteiger charge is 2.31. The van der Waals surface area contributed by atoms with E-state index in [9.17, 15) is 17.6 Å². The Morgan fingerprint density at radius 2 is 1.63 bits per heavy atom. The Labute approximate surface area is 159 Å². The highest BCUT2D eigenvalue weighted by atomic mass is 32.2. The van der Waals surface area contributed by atoms with Crippen LogP contribution in [0.25, 0.3) is 0 Å². The topological polar surface area (TPSA) is 66.5 Å². The van der Waals surface area contributed by atoms with Gasteiger partial charge in [-0.05, 0) is 54.7 Å². The van der Waals surface area contributed by atoms with Crippen LogP contribution in [0, 0.1) is 17.7 Å². The molecule has 0 aliphatic carbocycles. The average Bonchev–Trinajstić information content (AvgIpc) is 2.61. The van der Waals surface area contributed by atoms with Gasteiger partial charge in [0.15, 0.2) is 0 Å². The molecule has 5 nitrogen and oxygen atoms in total. The minimum Gasteiger partial charge on any atom is -0.322 e. The van der Waals surface area contributed by atoms with Gasteiger partial charge in [0.25, 0.3) is 5.91 Å². The molecule has 2 aromatic rings. The number of sulfonamides is 1. The van der Waals surface area contributed by atoms with Gasteiger partial charge in [0.05, 0.1) is 10.5 Å². The quantitative estimate of drug-likeness (QED) is 0.865. The minimum atomic E-state index is -3.57. The number of rotatable bonds is 4. The molecular formula is C20H23FN2O3S. The predicted molar refractivity (Wildman–Crippen MR) is 102 cm³/mol. The SMILES string of the molecule is C[C@@H]1C[C@H](C)CN(S(=O)(=O)c2ccc(NC(=O)c3ccccc3F)cc2)C1. The number of hydrogen-bond acceptors (Lipinski definition) is 3. The molecule has 1 aliphatic rings. The molecule has 27 heavy (non-hydrogen) atoms. The van der Waals surface area contributed by atoms with Crippen molar-refractivity contribution in [1.29, 1.82) is 0 Å². The van der Waals surface area contributed by atoms with Crippen molar-refractivity contribution in [2.75, 3.05) is 18.4 Å². The van der Waals surface area contributed by atoms with E-state index < -0.39 is 21.7 Å². The van der Waals surface area contributed by atoms with Crippen LogP contribution in [0.3, 0.4) is 0 Å². The molecule has 0 unspecified atom stereocenters. The number of carbonyl (C=O) groups is 1. The van der Waals surface area contributed by atoms with Crippen molar-refractivity contribution >= 4 is 21.6 Å². The lowest BCUT2D eigenvalue weighted by Crippen LogP contribution is -2.42. The summed E-state index contributed by atoms with van der Waals surface area (Å²) in [5.41, 5.74) is 0.341. The Balaban J connectivity index is 1.75. The molecule has 0 spiro atoms. The van der Waals surface area contributed by atoms with Crippen LogP contribution in [0.5, 0.6) is 0 Å². The summed E-state index contributed by atoms with van der Waals surface area (Å²) in [7, 11) is -3.57. The summed E-state index contributed by atoms with van der Waals surface area (Å²) in [5.74, 6) is -0.546. The molecule has 0 aromatic heterocycles. The molecule has 1 saturated heterocycles. The van der Waals surface area contributed by atoms with Gasteiger partial charge in [0, 0.05) is 18.8 Å². The Morgan fingerprint density at radius 3 is 2.22 bits per heavy atom. The fourth-order valence-corrected chi connectivity index (χ4v) is 5.18. The Kier molecular flexibility index (Phi) is 5.62. The maximum atomic E-state index is 13.7. The Morgan fingerprint density at radius 1 is 1.04 bits per heavy atom. The molecule has 1 N–H and O–H groups in total.